The van der Waals surface area contributed by atoms with Crippen LogP contribution < -0.4 is 0 Å². The van der Waals surface area contributed by atoms with Crippen molar-refractivity contribution in [2.45, 2.75) is 24.3 Å². The van der Waals surface area contributed by atoms with E-state index in [1.807, 2.05) is 23.6 Å². The zero-order valence-corrected chi connectivity index (χ0v) is 14.0. The third-order valence-electron chi connectivity index (χ3n) is 4.39. The largest absolute Gasteiger partial charge is 0.308 e. The molecular weight excluding hydrogens is 326 g/mol. The molecule has 0 radical (unpaired) electrons. The number of hydrogen-bond donors (Lipinski definition) is 0. The van der Waals surface area contributed by atoms with Crippen molar-refractivity contribution in [3.05, 3.63) is 48.7 Å². The van der Waals surface area contributed by atoms with Crippen LogP contribution in [0.25, 0.3) is 11.2 Å². The van der Waals surface area contributed by atoms with Crippen LogP contribution in [0.4, 0.5) is 0 Å². The number of fused-ring (bicyclic) bond motifs is 1. The number of aryl methyl sites for hydroxylation is 1. The molecule has 0 amide bonds. The second-order valence-corrected chi connectivity index (χ2v) is 7.81. The summed E-state index contributed by atoms with van der Waals surface area (Å²) in [5, 5.41) is 0. The molecule has 124 valence electrons. The van der Waals surface area contributed by atoms with Crippen molar-refractivity contribution < 1.29 is 8.42 Å². The van der Waals surface area contributed by atoms with E-state index >= 15 is 0 Å². The monoisotopic (exact) mass is 343 g/mol. The van der Waals surface area contributed by atoms with Gasteiger partial charge in [0.1, 0.15) is 16.2 Å². The molecule has 1 aliphatic rings. The summed E-state index contributed by atoms with van der Waals surface area (Å²) in [7, 11) is -3.51. The fourth-order valence-electron chi connectivity index (χ4n) is 3.27. The van der Waals surface area contributed by atoms with Crippen LogP contribution in [0.3, 0.4) is 0 Å². The van der Waals surface area contributed by atoms with Crippen molar-refractivity contribution in [3.8, 4) is 0 Å². The molecule has 1 aliphatic heterocycles. The minimum absolute atomic E-state index is 0.0383. The number of nitrogens with zero attached hydrogens (tertiary/aromatic N) is 5. The van der Waals surface area contributed by atoms with Crippen molar-refractivity contribution >= 4 is 21.2 Å². The molecule has 3 aromatic heterocycles. The van der Waals surface area contributed by atoms with Gasteiger partial charge in [0, 0.05) is 31.7 Å². The van der Waals surface area contributed by atoms with Gasteiger partial charge < -0.3 is 4.57 Å². The maximum absolute atomic E-state index is 12.7. The summed E-state index contributed by atoms with van der Waals surface area (Å²) in [6, 6.07) is 7.03. The highest BCUT2D eigenvalue weighted by atomic mass is 32.2. The third-order valence-corrected chi connectivity index (χ3v) is 6.24. The van der Waals surface area contributed by atoms with Crippen LogP contribution in [0.1, 0.15) is 18.3 Å². The van der Waals surface area contributed by atoms with E-state index in [1.54, 1.807) is 24.5 Å². The van der Waals surface area contributed by atoms with E-state index in [9.17, 15) is 8.42 Å². The average Bonchev–Trinajstić information content (AvgIpc) is 3.19. The molecule has 1 atom stereocenters. The van der Waals surface area contributed by atoms with Crippen LogP contribution >= 0.6 is 0 Å². The van der Waals surface area contributed by atoms with Crippen molar-refractivity contribution in [1.29, 1.82) is 0 Å². The zero-order valence-electron chi connectivity index (χ0n) is 13.2. The molecule has 1 unspecified atom stereocenters. The Morgan fingerprint density at radius 1 is 1.21 bits per heavy atom. The molecule has 0 spiro atoms. The SMILES string of the molecule is Cc1nc2cccnc2n1C1CCN(S(=O)(=O)c2cccnc2)C1. The Hall–Kier alpha value is -2.32. The zero-order chi connectivity index (χ0) is 16.7. The Bertz CT molecular complexity index is 984. The lowest BCUT2D eigenvalue weighted by molar-refractivity contribution is 0.451. The molecule has 1 fully saturated rings. The van der Waals surface area contributed by atoms with Gasteiger partial charge in [0.2, 0.25) is 10.0 Å². The standard InChI is InChI=1S/C16H17N5O2S/c1-12-19-15-5-3-8-18-16(15)21(12)13-6-9-20(11-13)24(22,23)14-4-2-7-17-10-14/h2-5,7-8,10,13H,6,9,11H2,1H3. The highest BCUT2D eigenvalue weighted by Crippen LogP contribution is 2.30. The topological polar surface area (TPSA) is 81.0 Å². The van der Waals surface area contributed by atoms with E-state index in [0.29, 0.717) is 13.1 Å². The smallest absolute Gasteiger partial charge is 0.244 e. The lowest BCUT2D eigenvalue weighted by Gasteiger charge is -2.18. The maximum atomic E-state index is 12.7. The van der Waals surface area contributed by atoms with Crippen LogP contribution in [0.15, 0.2) is 47.8 Å². The summed E-state index contributed by atoms with van der Waals surface area (Å²) in [5.41, 5.74) is 1.64. The first-order chi connectivity index (χ1) is 11.6. The number of sulfonamides is 1. The van der Waals surface area contributed by atoms with Gasteiger partial charge in [-0.3, -0.25) is 4.98 Å². The van der Waals surface area contributed by atoms with Gasteiger partial charge in [-0.15, -0.1) is 0 Å². The maximum Gasteiger partial charge on any atom is 0.244 e. The molecule has 7 nitrogen and oxygen atoms in total. The second-order valence-electron chi connectivity index (χ2n) is 5.87. The molecule has 0 bridgehead atoms. The van der Waals surface area contributed by atoms with Crippen molar-refractivity contribution in [3.63, 3.8) is 0 Å². The average molecular weight is 343 g/mol. The van der Waals surface area contributed by atoms with Gasteiger partial charge in [-0.2, -0.15) is 4.31 Å². The fourth-order valence-corrected chi connectivity index (χ4v) is 4.73. The Balaban J connectivity index is 1.66. The molecule has 8 heteroatoms. The van der Waals surface area contributed by atoms with E-state index in [1.165, 1.54) is 10.5 Å². The number of aromatic nitrogens is 4. The first-order valence-electron chi connectivity index (χ1n) is 7.77. The van der Waals surface area contributed by atoms with E-state index in [2.05, 4.69) is 15.0 Å². The minimum Gasteiger partial charge on any atom is -0.308 e. The number of rotatable bonds is 3. The Kier molecular flexibility index (Phi) is 3.58. The van der Waals surface area contributed by atoms with E-state index in [0.717, 1.165) is 23.4 Å². The van der Waals surface area contributed by atoms with Gasteiger partial charge in [0.25, 0.3) is 0 Å². The normalized spacial score (nSPS) is 19.1. The number of imidazole rings is 1. The lowest BCUT2D eigenvalue weighted by Crippen LogP contribution is -2.29. The Labute approximate surface area is 140 Å². The van der Waals surface area contributed by atoms with Gasteiger partial charge in [-0.05, 0) is 37.6 Å². The Morgan fingerprint density at radius 3 is 2.83 bits per heavy atom. The van der Waals surface area contributed by atoms with Gasteiger partial charge in [0.15, 0.2) is 5.65 Å². The quantitative estimate of drug-likeness (QED) is 0.724. The van der Waals surface area contributed by atoms with Gasteiger partial charge in [0.05, 0.1) is 6.04 Å². The lowest BCUT2D eigenvalue weighted by atomic mass is 10.2. The summed E-state index contributed by atoms with van der Waals surface area (Å²) < 4.78 is 29.1. The molecule has 3 aromatic rings. The molecule has 24 heavy (non-hydrogen) atoms. The summed E-state index contributed by atoms with van der Waals surface area (Å²) in [6.45, 7) is 2.83. The molecule has 1 saturated heterocycles. The molecule has 4 heterocycles. The predicted molar refractivity (Wildman–Crippen MR) is 88.9 cm³/mol. The van der Waals surface area contributed by atoms with Gasteiger partial charge in [-0.25, -0.2) is 18.4 Å². The highest BCUT2D eigenvalue weighted by molar-refractivity contribution is 7.89. The van der Waals surface area contributed by atoms with E-state index in [4.69, 9.17) is 0 Å². The van der Waals surface area contributed by atoms with Crippen LogP contribution in [0, 0.1) is 6.92 Å². The van der Waals surface area contributed by atoms with Crippen molar-refractivity contribution in [1.82, 2.24) is 23.8 Å². The third kappa shape index (κ3) is 2.38. The van der Waals surface area contributed by atoms with Crippen LogP contribution in [-0.2, 0) is 10.0 Å². The molecule has 0 aliphatic carbocycles. The molecule has 4 rings (SSSR count). The van der Waals surface area contributed by atoms with Crippen molar-refractivity contribution in [2.24, 2.45) is 0 Å². The van der Waals surface area contributed by atoms with Crippen molar-refractivity contribution in [2.75, 3.05) is 13.1 Å². The second kappa shape index (κ2) is 5.64. The molecule has 0 aromatic carbocycles. The predicted octanol–water partition coefficient (Wildman–Crippen LogP) is 1.77. The molecular formula is C16H17N5O2S. The van der Waals surface area contributed by atoms with Crippen LogP contribution in [-0.4, -0.2) is 45.3 Å². The summed E-state index contributed by atoms with van der Waals surface area (Å²) >= 11 is 0. The first-order valence-corrected chi connectivity index (χ1v) is 9.21. The van der Waals surface area contributed by atoms with Crippen LogP contribution in [0.2, 0.25) is 0 Å². The summed E-state index contributed by atoms with van der Waals surface area (Å²) in [6.07, 6.45) is 5.43. The highest BCUT2D eigenvalue weighted by Gasteiger charge is 2.34. The number of hydrogen-bond acceptors (Lipinski definition) is 5. The van der Waals surface area contributed by atoms with E-state index in [-0.39, 0.29) is 10.9 Å². The Morgan fingerprint density at radius 2 is 2.04 bits per heavy atom. The van der Waals surface area contributed by atoms with Gasteiger partial charge >= 0.3 is 0 Å². The minimum atomic E-state index is -3.51. The molecule has 0 N–H and O–H groups in total. The first kappa shape index (κ1) is 15.2. The summed E-state index contributed by atoms with van der Waals surface area (Å²) in [4.78, 5) is 13.1. The fraction of sp³-hybridized carbons (Fsp3) is 0.312. The number of pyridine rings is 2. The van der Waals surface area contributed by atoms with Gasteiger partial charge in [-0.1, -0.05) is 0 Å². The van der Waals surface area contributed by atoms with E-state index < -0.39 is 10.0 Å². The van der Waals surface area contributed by atoms with Crippen LogP contribution in [0.5, 0.6) is 0 Å². The summed E-state index contributed by atoms with van der Waals surface area (Å²) in [5.74, 6) is 0.856. The molecule has 0 saturated carbocycles.